The van der Waals surface area contributed by atoms with E-state index in [1.165, 1.54) is 31.4 Å². The minimum Gasteiger partial charge on any atom is -0.374 e. The van der Waals surface area contributed by atoms with Gasteiger partial charge in [0.15, 0.2) is 5.82 Å². The van der Waals surface area contributed by atoms with E-state index in [-0.39, 0.29) is 0 Å². The number of aromatic nitrogens is 2. The van der Waals surface area contributed by atoms with Crippen molar-refractivity contribution in [2.45, 2.75) is 58.5 Å². The first-order chi connectivity index (χ1) is 9.33. The lowest BCUT2D eigenvalue weighted by atomic mass is 10.0. The first kappa shape index (κ1) is 14.3. The Morgan fingerprint density at radius 2 is 2.05 bits per heavy atom. The van der Waals surface area contributed by atoms with Crippen LogP contribution < -0.4 is 5.32 Å². The van der Waals surface area contributed by atoms with Gasteiger partial charge in [0, 0.05) is 30.8 Å². The Morgan fingerprint density at radius 1 is 1.26 bits per heavy atom. The summed E-state index contributed by atoms with van der Waals surface area (Å²) >= 11 is 0. The number of rotatable bonds is 7. The quantitative estimate of drug-likeness (QED) is 0.818. The second-order valence-corrected chi connectivity index (χ2v) is 5.14. The van der Waals surface area contributed by atoms with Gasteiger partial charge in [-0.2, -0.15) is 0 Å². The van der Waals surface area contributed by atoms with Gasteiger partial charge in [0.1, 0.15) is 12.4 Å². The SMILES string of the molecule is CCCNc1cc(C2CCCC2)nc(COCC)n1. The van der Waals surface area contributed by atoms with Crippen LogP contribution in [-0.2, 0) is 11.3 Å². The number of nitrogens with zero attached hydrogens (tertiary/aromatic N) is 2. The third kappa shape index (κ3) is 4.16. The molecule has 0 bridgehead atoms. The number of hydrogen-bond acceptors (Lipinski definition) is 4. The molecule has 1 aliphatic carbocycles. The molecule has 0 aromatic carbocycles. The van der Waals surface area contributed by atoms with Crippen molar-refractivity contribution in [3.63, 3.8) is 0 Å². The fourth-order valence-corrected chi connectivity index (χ4v) is 2.55. The van der Waals surface area contributed by atoms with Crippen LogP contribution in [-0.4, -0.2) is 23.1 Å². The van der Waals surface area contributed by atoms with E-state index in [4.69, 9.17) is 4.74 Å². The maximum atomic E-state index is 5.44. The zero-order valence-electron chi connectivity index (χ0n) is 12.1. The summed E-state index contributed by atoms with van der Waals surface area (Å²) in [4.78, 5) is 9.22. The summed E-state index contributed by atoms with van der Waals surface area (Å²) in [6, 6.07) is 2.13. The van der Waals surface area contributed by atoms with Gasteiger partial charge in [-0.3, -0.25) is 0 Å². The number of hydrogen-bond donors (Lipinski definition) is 1. The minimum atomic E-state index is 0.512. The number of ether oxygens (including phenoxy) is 1. The first-order valence-electron chi connectivity index (χ1n) is 7.53. The Morgan fingerprint density at radius 3 is 2.74 bits per heavy atom. The summed E-state index contributed by atoms with van der Waals surface area (Å²) in [7, 11) is 0. The fraction of sp³-hybridized carbons (Fsp3) is 0.733. The lowest BCUT2D eigenvalue weighted by Gasteiger charge is -2.13. The van der Waals surface area contributed by atoms with Crippen molar-refractivity contribution in [1.29, 1.82) is 0 Å². The van der Waals surface area contributed by atoms with E-state index in [1.54, 1.807) is 0 Å². The predicted molar refractivity (Wildman–Crippen MR) is 77.4 cm³/mol. The Bertz CT molecular complexity index is 363. The molecule has 1 N–H and O–H groups in total. The van der Waals surface area contributed by atoms with Gasteiger partial charge in [-0.15, -0.1) is 0 Å². The number of anilines is 1. The summed E-state index contributed by atoms with van der Waals surface area (Å²) in [6.07, 6.45) is 6.28. The van der Waals surface area contributed by atoms with Crippen LogP contribution in [0.5, 0.6) is 0 Å². The van der Waals surface area contributed by atoms with E-state index in [1.807, 2.05) is 6.92 Å². The predicted octanol–water partition coefficient (Wildman–Crippen LogP) is 3.49. The summed E-state index contributed by atoms with van der Waals surface area (Å²) < 4.78 is 5.44. The van der Waals surface area contributed by atoms with Crippen LogP contribution in [0.3, 0.4) is 0 Å². The zero-order valence-corrected chi connectivity index (χ0v) is 12.1. The molecule has 1 aromatic rings. The largest absolute Gasteiger partial charge is 0.374 e. The summed E-state index contributed by atoms with van der Waals surface area (Å²) in [5.74, 6) is 2.38. The molecule has 1 aromatic heterocycles. The Hall–Kier alpha value is -1.16. The highest BCUT2D eigenvalue weighted by Crippen LogP contribution is 2.33. The van der Waals surface area contributed by atoms with E-state index in [2.05, 4.69) is 28.3 Å². The second kappa shape index (κ2) is 7.43. The van der Waals surface area contributed by atoms with Crippen LogP contribution >= 0.6 is 0 Å². The molecule has 0 amide bonds. The van der Waals surface area contributed by atoms with Crippen molar-refractivity contribution in [2.24, 2.45) is 0 Å². The monoisotopic (exact) mass is 263 g/mol. The third-order valence-corrected chi connectivity index (χ3v) is 3.56. The molecular formula is C15H25N3O. The smallest absolute Gasteiger partial charge is 0.156 e. The molecule has 1 saturated carbocycles. The van der Waals surface area contributed by atoms with Gasteiger partial charge < -0.3 is 10.1 Å². The van der Waals surface area contributed by atoms with Crippen LogP contribution in [0.4, 0.5) is 5.82 Å². The van der Waals surface area contributed by atoms with Gasteiger partial charge in [0.2, 0.25) is 0 Å². The van der Waals surface area contributed by atoms with Gasteiger partial charge >= 0.3 is 0 Å². The average molecular weight is 263 g/mol. The zero-order chi connectivity index (χ0) is 13.5. The highest BCUT2D eigenvalue weighted by Gasteiger charge is 2.19. The highest BCUT2D eigenvalue weighted by atomic mass is 16.5. The van der Waals surface area contributed by atoms with Crippen LogP contribution in [0, 0.1) is 0 Å². The van der Waals surface area contributed by atoms with E-state index in [9.17, 15) is 0 Å². The Kier molecular flexibility index (Phi) is 5.58. The van der Waals surface area contributed by atoms with E-state index < -0.39 is 0 Å². The third-order valence-electron chi connectivity index (χ3n) is 3.56. The molecule has 106 valence electrons. The molecule has 1 fully saturated rings. The molecule has 0 saturated heterocycles. The van der Waals surface area contributed by atoms with Crippen molar-refractivity contribution in [3.8, 4) is 0 Å². The molecule has 0 radical (unpaired) electrons. The molecular weight excluding hydrogens is 238 g/mol. The molecule has 1 heterocycles. The molecule has 19 heavy (non-hydrogen) atoms. The van der Waals surface area contributed by atoms with Crippen molar-refractivity contribution in [1.82, 2.24) is 9.97 Å². The molecule has 4 nitrogen and oxygen atoms in total. The summed E-state index contributed by atoms with van der Waals surface area (Å²) in [6.45, 7) is 6.33. The molecule has 4 heteroatoms. The van der Waals surface area contributed by atoms with E-state index in [0.717, 1.165) is 24.6 Å². The van der Waals surface area contributed by atoms with Crippen molar-refractivity contribution >= 4 is 5.82 Å². The second-order valence-electron chi connectivity index (χ2n) is 5.14. The average Bonchev–Trinajstić information content (AvgIpc) is 2.97. The summed E-state index contributed by atoms with van der Waals surface area (Å²) in [5, 5.41) is 3.37. The van der Waals surface area contributed by atoms with Crippen LogP contribution in [0.2, 0.25) is 0 Å². The van der Waals surface area contributed by atoms with Crippen molar-refractivity contribution in [3.05, 3.63) is 17.6 Å². The van der Waals surface area contributed by atoms with Crippen molar-refractivity contribution in [2.75, 3.05) is 18.5 Å². The topological polar surface area (TPSA) is 47.0 Å². The van der Waals surface area contributed by atoms with Crippen molar-refractivity contribution < 1.29 is 4.74 Å². The van der Waals surface area contributed by atoms with Crippen LogP contribution in [0.15, 0.2) is 6.07 Å². The Balaban J connectivity index is 2.14. The maximum absolute atomic E-state index is 5.44. The van der Waals surface area contributed by atoms with Gasteiger partial charge in [-0.1, -0.05) is 19.8 Å². The molecule has 2 rings (SSSR count). The molecule has 0 unspecified atom stereocenters. The lowest BCUT2D eigenvalue weighted by Crippen LogP contribution is -2.09. The minimum absolute atomic E-state index is 0.512. The Labute approximate surface area is 116 Å². The molecule has 0 spiro atoms. The summed E-state index contributed by atoms with van der Waals surface area (Å²) in [5.41, 5.74) is 1.20. The first-order valence-corrected chi connectivity index (χ1v) is 7.53. The molecule has 0 atom stereocenters. The maximum Gasteiger partial charge on any atom is 0.156 e. The standard InChI is InChI=1S/C15H25N3O/c1-3-9-16-14-10-13(12-7-5-6-8-12)17-15(18-14)11-19-4-2/h10,12H,3-9,11H2,1-2H3,(H,16,17,18). The van der Waals surface area contributed by atoms with E-state index in [0.29, 0.717) is 19.1 Å². The van der Waals surface area contributed by atoms with Gasteiger partial charge in [0.05, 0.1) is 0 Å². The van der Waals surface area contributed by atoms with E-state index >= 15 is 0 Å². The molecule has 0 aliphatic heterocycles. The van der Waals surface area contributed by atoms with Crippen LogP contribution in [0.1, 0.15) is 63.4 Å². The number of nitrogens with one attached hydrogen (secondary N) is 1. The van der Waals surface area contributed by atoms with Gasteiger partial charge in [-0.25, -0.2) is 9.97 Å². The van der Waals surface area contributed by atoms with Gasteiger partial charge in [0.25, 0.3) is 0 Å². The molecule has 1 aliphatic rings. The van der Waals surface area contributed by atoms with Gasteiger partial charge in [-0.05, 0) is 26.2 Å². The lowest BCUT2D eigenvalue weighted by molar-refractivity contribution is 0.128. The van der Waals surface area contributed by atoms with Crippen LogP contribution in [0.25, 0.3) is 0 Å². The normalized spacial score (nSPS) is 15.9. The fourth-order valence-electron chi connectivity index (χ4n) is 2.55. The highest BCUT2D eigenvalue weighted by molar-refractivity contribution is 5.37.